The second-order valence-electron chi connectivity index (χ2n) is 5.03. The fourth-order valence-electron chi connectivity index (χ4n) is 2.50. The van der Waals surface area contributed by atoms with Crippen molar-refractivity contribution >= 4 is 5.97 Å². The van der Waals surface area contributed by atoms with Gasteiger partial charge < -0.3 is 10.0 Å². The smallest absolute Gasteiger partial charge is 0.328 e. The molecule has 0 saturated carbocycles. The van der Waals surface area contributed by atoms with Gasteiger partial charge in [-0.05, 0) is 37.2 Å². The van der Waals surface area contributed by atoms with Crippen molar-refractivity contribution in [2.45, 2.75) is 32.7 Å². The lowest BCUT2D eigenvalue weighted by Crippen LogP contribution is -2.51. The Labute approximate surface area is 126 Å². The third-order valence-electron chi connectivity index (χ3n) is 3.96. The maximum atomic E-state index is 13.4. The van der Waals surface area contributed by atoms with Gasteiger partial charge in [0, 0.05) is 13.1 Å². The summed E-state index contributed by atoms with van der Waals surface area (Å²) in [7, 11) is 0. The molecule has 0 saturated heterocycles. The number of nitrogens with zero attached hydrogens (tertiary/aromatic N) is 1. The molecule has 0 bridgehead atoms. The molecule has 1 aromatic rings. The Balaban J connectivity index is 2.92. The number of carboxylic acid groups (broad SMARTS) is 1. The van der Waals surface area contributed by atoms with E-state index in [2.05, 4.69) is 24.1 Å². The van der Waals surface area contributed by atoms with Crippen molar-refractivity contribution in [3.63, 3.8) is 0 Å². The number of carbonyl (C=O) groups is 1. The number of benzene rings is 1. The standard InChI is InChI=1S/C16H25FN2O2/c1-4-16(15(20)21,13-8-7-9-14(17)12-13)18-10-11-19(5-2)6-3/h7-9,12,18H,4-6,10-11H2,1-3H3,(H,20,21). The molecule has 0 fully saturated rings. The van der Waals surface area contributed by atoms with E-state index in [4.69, 9.17) is 0 Å². The quantitative estimate of drug-likeness (QED) is 0.735. The van der Waals surface area contributed by atoms with Crippen LogP contribution in [0.25, 0.3) is 0 Å². The number of aliphatic carboxylic acids is 1. The predicted octanol–water partition coefficient (Wildman–Crippen LogP) is 2.45. The van der Waals surface area contributed by atoms with E-state index in [1.165, 1.54) is 12.1 Å². The molecule has 0 aromatic heterocycles. The minimum absolute atomic E-state index is 0.351. The molecule has 1 atom stereocenters. The summed E-state index contributed by atoms with van der Waals surface area (Å²) in [5.74, 6) is -1.40. The number of carboxylic acids is 1. The van der Waals surface area contributed by atoms with Crippen molar-refractivity contribution in [3.05, 3.63) is 35.6 Å². The third-order valence-corrected chi connectivity index (χ3v) is 3.96. The summed E-state index contributed by atoms with van der Waals surface area (Å²) in [5, 5.41) is 12.8. The van der Waals surface area contributed by atoms with E-state index < -0.39 is 17.3 Å². The second-order valence-corrected chi connectivity index (χ2v) is 5.03. The van der Waals surface area contributed by atoms with E-state index >= 15 is 0 Å². The highest BCUT2D eigenvalue weighted by Gasteiger charge is 2.38. The molecule has 2 N–H and O–H groups in total. The molecule has 0 spiro atoms. The summed E-state index contributed by atoms with van der Waals surface area (Å²) >= 11 is 0. The number of hydrogen-bond acceptors (Lipinski definition) is 3. The highest BCUT2D eigenvalue weighted by atomic mass is 19.1. The number of halogens is 1. The molecule has 5 heteroatoms. The van der Waals surface area contributed by atoms with Crippen LogP contribution in [-0.4, -0.2) is 42.2 Å². The fourth-order valence-corrected chi connectivity index (χ4v) is 2.50. The van der Waals surface area contributed by atoms with Crippen LogP contribution in [0, 0.1) is 5.82 Å². The van der Waals surface area contributed by atoms with Crippen molar-refractivity contribution in [1.82, 2.24) is 10.2 Å². The van der Waals surface area contributed by atoms with Crippen LogP contribution in [0.15, 0.2) is 24.3 Å². The molecule has 0 radical (unpaired) electrons. The zero-order valence-corrected chi connectivity index (χ0v) is 13.0. The fraction of sp³-hybridized carbons (Fsp3) is 0.562. The first-order valence-corrected chi connectivity index (χ1v) is 7.47. The summed E-state index contributed by atoms with van der Waals surface area (Å²) in [6.07, 6.45) is 0.351. The van der Waals surface area contributed by atoms with E-state index in [1.807, 2.05) is 0 Å². The second kappa shape index (κ2) is 8.10. The topological polar surface area (TPSA) is 52.6 Å². The molecule has 1 rings (SSSR count). The molecule has 0 aliphatic heterocycles. The predicted molar refractivity (Wildman–Crippen MR) is 81.8 cm³/mol. The maximum absolute atomic E-state index is 13.4. The van der Waals surface area contributed by atoms with Crippen molar-refractivity contribution in [2.75, 3.05) is 26.2 Å². The van der Waals surface area contributed by atoms with E-state index in [1.54, 1.807) is 19.1 Å². The average molecular weight is 296 g/mol. The van der Waals surface area contributed by atoms with Crippen molar-refractivity contribution in [3.8, 4) is 0 Å². The van der Waals surface area contributed by atoms with E-state index in [9.17, 15) is 14.3 Å². The van der Waals surface area contributed by atoms with Gasteiger partial charge in [-0.2, -0.15) is 0 Å². The number of hydrogen-bond donors (Lipinski definition) is 2. The summed E-state index contributed by atoms with van der Waals surface area (Å²) in [4.78, 5) is 14.0. The summed E-state index contributed by atoms with van der Waals surface area (Å²) in [6, 6.07) is 5.82. The van der Waals surface area contributed by atoms with Gasteiger partial charge in [0.2, 0.25) is 0 Å². The maximum Gasteiger partial charge on any atom is 0.328 e. The van der Waals surface area contributed by atoms with Crippen LogP contribution in [0.5, 0.6) is 0 Å². The Morgan fingerprint density at radius 1 is 1.33 bits per heavy atom. The molecule has 118 valence electrons. The number of nitrogens with one attached hydrogen (secondary N) is 1. The zero-order valence-electron chi connectivity index (χ0n) is 13.0. The lowest BCUT2D eigenvalue weighted by Gasteiger charge is -2.31. The number of likely N-dealkylation sites (N-methyl/N-ethyl adjacent to an activating group) is 1. The minimum atomic E-state index is -1.24. The van der Waals surface area contributed by atoms with Gasteiger partial charge in [-0.3, -0.25) is 5.32 Å². The normalized spacial score (nSPS) is 14.1. The Kier molecular flexibility index (Phi) is 6.78. The van der Waals surface area contributed by atoms with Crippen molar-refractivity contribution in [2.24, 2.45) is 0 Å². The molecule has 0 aliphatic rings. The lowest BCUT2D eigenvalue weighted by molar-refractivity contribution is -0.145. The van der Waals surface area contributed by atoms with Crippen molar-refractivity contribution < 1.29 is 14.3 Å². The third kappa shape index (κ3) is 4.25. The first kappa shape index (κ1) is 17.6. The first-order chi connectivity index (χ1) is 10.00. The Morgan fingerprint density at radius 2 is 2.00 bits per heavy atom. The van der Waals surface area contributed by atoms with Gasteiger partial charge in [0.1, 0.15) is 11.4 Å². The zero-order chi connectivity index (χ0) is 15.9. The first-order valence-electron chi connectivity index (χ1n) is 7.47. The van der Waals surface area contributed by atoms with Gasteiger partial charge >= 0.3 is 5.97 Å². The van der Waals surface area contributed by atoms with Gasteiger partial charge in [-0.25, -0.2) is 9.18 Å². The molecule has 4 nitrogen and oxygen atoms in total. The minimum Gasteiger partial charge on any atom is -0.480 e. The Morgan fingerprint density at radius 3 is 2.48 bits per heavy atom. The van der Waals surface area contributed by atoms with Gasteiger partial charge in [0.15, 0.2) is 0 Å². The average Bonchev–Trinajstić information content (AvgIpc) is 2.47. The SMILES string of the molecule is CCN(CC)CCNC(CC)(C(=O)O)c1cccc(F)c1. The molecule has 0 amide bonds. The summed E-state index contributed by atoms with van der Waals surface area (Å²) in [6.45, 7) is 9.08. The Hall–Kier alpha value is -1.46. The number of rotatable bonds is 9. The molecule has 21 heavy (non-hydrogen) atoms. The van der Waals surface area contributed by atoms with Crippen LogP contribution >= 0.6 is 0 Å². The van der Waals surface area contributed by atoms with Gasteiger partial charge in [0.05, 0.1) is 0 Å². The molecular formula is C16H25FN2O2. The van der Waals surface area contributed by atoms with E-state index in [0.717, 1.165) is 19.6 Å². The summed E-state index contributed by atoms with van der Waals surface area (Å²) < 4.78 is 13.4. The molecule has 1 aromatic carbocycles. The van der Waals surface area contributed by atoms with Gasteiger partial charge in [-0.1, -0.05) is 32.9 Å². The highest BCUT2D eigenvalue weighted by molar-refractivity contribution is 5.80. The van der Waals surface area contributed by atoms with Crippen LogP contribution in [0.4, 0.5) is 4.39 Å². The van der Waals surface area contributed by atoms with Crippen LogP contribution in [0.1, 0.15) is 32.8 Å². The van der Waals surface area contributed by atoms with Gasteiger partial charge in [0.25, 0.3) is 0 Å². The van der Waals surface area contributed by atoms with Crippen LogP contribution in [0.2, 0.25) is 0 Å². The lowest BCUT2D eigenvalue weighted by atomic mass is 9.87. The molecule has 0 aliphatic carbocycles. The van der Waals surface area contributed by atoms with Gasteiger partial charge in [-0.15, -0.1) is 0 Å². The molecule has 0 heterocycles. The van der Waals surface area contributed by atoms with Crippen LogP contribution in [-0.2, 0) is 10.3 Å². The largest absolute Gasteiger partial charge is 0.480 e. The van der Waals surface area contributed by atoms with E-state index in [-0.39, 0.29) is 0 Å². The monoisotopic (exact) mass is 296 g/mol. The van der Waals surface area contributed by atoms with Crippen molar-refractivity contribution in [1.29, 1.82) is 0 Å². The molecule has 1 unspecified atom stereocenters. The molecular weight excluding hydrogens is 271 g/mol. The summed E-state index contributed by atoms with van der Waals surface area (Å²) in [5.41, 5.74) is -0.785. The Bertz CT molecular complexity index is 463. The highest BCUT2D eigenvalue weighted by Crippen LogP contribution is 2.26. The van der Waals surface area contributed by atoms with Crippen LogP contribution in [0.3, 0.4) is 0 Å². The van der Waals surface area contributed by atoms with Crippen LogP contribution < -0.4 is 5.32 Å². The van der Waals surface area contributed by atoms with E-state index in [0.29, 0.717) is 18.5 Å².